The maximum atomic E-state index is 12.7. The molecular weight excluding hydrogens is 721 g/mol. The monoisotopic (exact) mass is 801 g/mol. The number of carbonyl (C=O) groups is 3. The van der Waals surface area contributed by atoms with Crippen LogP contribution >= 0.6 is 0 Å². The molecule has 0 radical (unpaired) electrons. The minimum absolute atomic E-state index is 0.127. The fourth-order valence-electron chi connectivity index (χ4n) is 5.51. The van der Waals surface area contributed by atoms with Crippen LogP contribution in [-0.4, -0.2) is 37.2 Å². The Labute approximate surface area is 354 Å². The number of carbonyl (C=O) groups excluding carboxylic acids is 3. The second-order valence-electron chi connectivity index (χ2n) is 14.3. The smallest absolute Gasteiger partial charge is 0.306 e. The van der Waals surface area contributed by atoms with Crippen LogP contribution in [0.15, 0.2) is 122 Å². The van der Waals surface area contributed by atoms with Crippen molar-refractivity contribution in [2.45, 2.75) is 175 Å². The quantitative estimate of drug-likeness (QED) is 0.0203. The summed E-state index contributed by atoms with van der Waals surface area (Å²) in [6, 6.07) is 0. The molecule has 6 nitrogen and oxygen atoms in total. The molecule has 0 fully saturated rings. The summed E-state index contributed by atoms with van der Waals surface area (Å²) < 4.78 is 16.6. The fourth-order valence-corrected chi connectivity index (χ4v) is 5.51. The van der Waals surface area contributed by atoms with Crippen molar-refractivity contribution in [3.05, 3.63) is 122 Å². The molecule has 6 heteroatoms. The van der Waals surface area contributed by atoms with E-state index in [0.717, 1.165) is 70.6 Å². The maximum Gasteiger partial charge on any atom is 0.306 e. The lowest BCUT2D eigenvalue weighted by molar-refractivity contribution is -0.167. The summed E-state index contributed by atoms with van der Waals surface area (Å²) in [4.78, 5) is 37.7. The van der Waals surface area contributed by atoms with Gasteiger partial charge in [-0.25, -0.2) is 0 Å². The van der Waals surface area contributed by atoms with Gasteiger partial charge >= 0.3 is 17.9 Å². The van der Waals surface area contributed by atoms with E-state index < -0.39 is 12.1 Å². The zero-order valence-corrected chi connectivity index (χ0v) is 36.8. The van der Waals surface area contributed by atoms with E-state index in [2.05, 4.69) is 87.6 Å². The van der Waals surface area contributed by atoms with E-state index in [0.29, 0.717) is 19.3 Å². The van der Waals surface area contributed by atoms with Crippen LogP contribution < -0.4 is 0 Å². The van der Waals surface area contributed by atoms with Crippen molar-refractivity contribution < 1.29 is 28.6 Å². The summed E-state index contributed by atoms with van der Waals surface area (Å²) in [5.74, 6) is -1.08. The number of rotatable bonds is 38. The molecule has 324 valence electrons. The topological polar surface area (TPSA) is 78.9 Å². The average Bonchev–Trinajstić information content (AvgIpc) is 3.22. The Morgan fingerprint density at radius 1 is 0.379 bits per heavy atom. The molecule has 0 saturated heterocycles. The first-order chi connectivity index (χ1) is 28.5. The zero-order chi connectivity index (χ0) is 42.3. The predicted molar refractivity (Wildman–Crippen MR) is 246 cm³/mol. The summed E-state index contributed by atoms with van der Waals surface area (Å²) >= 11 is 0. The van der Waals surface area contributed by atoms with Gasteiger partial charge in [0.1, 0.15) is 13.2 Å². The molecule has 1 atom stereocenters. The van der Waals surface area contributed by atoms with Gasteiger partial charge in [0.25, 0.3) is 0 Å². The van der Waals surface area contributed by atoms with Crippen molar-refractivity contribution in [3.63, 3.8) is 0 Å². The molecule has 0 aromatic rings. The van der Waals surface area contributed by atoms with E-state index in [9.17, 15) is 14.4 Å². The van der Waals surface area contributed by atoms with E-state index in [1.165, 1.54) is 44.9 Å². The largest absolute Gasteiger partial charge is 0.462 e. The highest BCUT2D eigenvalue weighted by atomic mass is 16.6. The molecule has 0 aromatic carbocycles. The highest BCUT2D eigenvalue weighted by Crippen LogP contribution is 2.12. The van der Waals surface area contributed by atoms with Crippen LogP contribution in [0, 0.1) is 0 Å². The standard InChI is InChI=1S/C52H80O6/c1-4-7-10-13-16-19-22-24-25-26-27-29-30-33-36-39-42-45-51(54)57-48-49(47-56-50(53)44-41-38-35-32-21-18-15-12-9-6-3)58-52(55)46-43-40-37-34-31-28-23-20-17-14-11-8-5-2/h7-8,10-11,14,16-17,19-20,23-25,27-29,31,33-34,36-37,49H,4-6,9,12-13,15,18,21-22,26,30,32,35,38-48H2,1-3H3/b10-7-,11-8-,17-14-,19-16-,23-20-,25-24-,29-27-,31-28-,36-33-,37-34-. The predicted octanol–water partition coefficient (Wildman–Crippen LogP) is 14.6. The first-order valence-corrected chi connectivity index (χ1v) is 22.6. The summed E-state index contributed by atoms with van der Waals surface area (Å²) in [7, 11) is 0. The highest BCUT2D eigenvalue weighted by molar-refractivity contribution is 5.71. The highest BCUT2D eigenvalue weighted by Gasteiger charge is 2.19. The van der Waals surface area contributed by atoms with Gasteiger partial charge in [0.2, 0.25) is 0 Å². The molecule has 0 aliphatic heterocycles. The lowest BCUT2D eigenvalue weighted by Crippen LogP contribution is -2.30. The van der Waals surface area contributed by atoms with Gasteiger partial charge in [-0.3, -0.25) is 14.4 Å². The lowest BCUT2D eigenvalue weighted by Gasteiger charge is -2.18. The van der Waals surface area contributed by atoms with E-state index in [1.807, 2.05) is 54.7 Å². The second kappa shape index (κ2) is 45.5. The molecule has 0 heterocycles. The SMILES string of the molecule is CC\C=C/C=C\C=C/C=C\C=C/CCCC(=O)OC(COC(=O)CCC/C=C\C/C=C\C/C=C\C/C=C\C/C=C\CC)COC(=O)CCCCCCCCCCCC. The van der Waals surface area contributed by atoms with E-state index in [-0.39, 0.29) is 38.0 Å². The fraction of sp³-hybridized carbons (Fsp3) is 0.558. The van der Waals surface area contributed by atoms with Crippen molar-refractivity contribution in [2.24, 2.45) is 0 Å². The van der Waals surface area contributed by atoms with Crippen LogP contribution in [-0.2, 0) is 28.6 Å². The molecule has 0 amide bonds. The number of esters is 3. The van der Waals surface area contributed by atoms with Gasteiger partial charge in [-0.15, -0.1) is 0 Å². The molecule has 0 aliphatic rings. The summed E-state index contributed by atoms with van der Waals surface area (Å²) in [5.41, 5.74) is 0. The molecular formula is C52H80O6. The first kappa shape index (κ1) is 53.8. The Hall–Kier alpha value is -4.19. The Kier molecular flexibility index (Phi) is 42.2. The van der Waals surface area contributed by atoms with Gasteiger partial charge in [0, 0.05) is 19.3 Å². The molecule has 0 aromatic heterocycles. The molecule has 0 N–H and O–H groups in total. The van der Waals surface area contributed by atoms with Crippen molar-refractivity contribution in [1.29, 1.82) is 0 Å². The van der Waals surface area contributed by atoms with Crippen LogP contribution in [0.4, 0.5) is 0 Å². The van der Waals surface area contributed by atoms with Crippen LogP contribution in [0.3, 0.4) is 0 Å². The molecule has 0 saturated carbocycles. The summed E-state index contributed by atoms with van der Waals surface area (Å²) in [6.07, 6.45) is 61.9. The average molecular weight is 801 g/mol. The van der Waals surface area contributed by atoms with Crippen molar-refractivity contribution in [2.75, 3.05) is 13.2 Å². The molecule has 58 heavy (non-hydrogen) atoms. The van der Waals surface area contributed by atoms with Crippen LogP contribution in [0.25, 0.3) is 0 Å². The third-order valence-electron chi connectivity index (χ3n) is 8.84. The third-order valence-corrected chi connectivity index (χ3v) is 8.84. The van der Waals surface area contributed by atoms with Gasteiger partial charge in [0.15, 0.2) is 6.10 Å². The molecule has 0 aliphatic carbocycles. The molecule has 0 rings (SSSR count). The Morgan fingerprint density at radius 2 is 0.759 bits per heavy atom. The van der Waals surface area contributed by atoms with E-state index in [4.69, 9.17) is 14.2 Å². The molecule has 1 unspecified atom stereocenters. The Morgan fingerprint density at radius 3 is 1.26 bits per heavy atom. The van der Waals surface area contributed by atoms with Crippen molar-refractivity contribution in [3.8, 4) is 0 Å². The summed E-state index contributed by atoms with van der Waals surface area (Å²) in [5, 5.41) is 0. The second-order valence-corrected chi connectivity index (χ2v) is 14.3. The minimum Gasteiger partial charge on any atom is -0.462 e. The van der Waals surface area contributed by atoms with Crippen LogP contribution in [0.5, 0.6) is 0 Å². The lowest BCUT2D eigenvalue weighted by atomic mass is 10.1. The van der Waals surface area contributed by atoms with Crippen LogP contribution in [0.1, 0.15) is 168 Å². The van der Waals surface area contributed by atoms with Gasteiger partial charge < -0.3 is 14.2 Å². The number of hydrogen-bond acceptors (Lipinski definition) is 6. The van der Waals surface area contributed by atoms with Crippen molar-refractivity contribution >= 4 is 17.9 Å². The van der Waals surface area contributed by atoms with Crippen molar-refractivity contribution in [1.82, 2.24) is 0 Å². The zero-order valence-electron chi connectivity index (χ0n) is 36.8. The maximum absolute atomic E-state index is 12.7. The minimum atomic E-state index is -0.837. The van der Waals surface area contributed by atoms with Gasteiger partial charge in [0.05, 0.1) is 0 Å². The first-order valence-electron chi connectivity index (χ1n) is 22.6. The van der Waals surface area contributed by atoms with E-state index >= 15 is 0 Å². The molecule has 0 spiro atoms. The number of ether oxygens (including phenoxy) is 3. The van der Waals surface area contributed by atoms with Crippen LogP contribution in [0.2, 0.25) is 0 Å². The van der Waals surface area contributed by atoms with E-state index in [1.54, 1.807) is 0 Å². The Balaban J connectivity index is 4.60. The number of unbranched alkanes of at least 4 members (excludes halogenated alkanes) is 11. The molecule has 0 bridgehead atoms. The summed E-state index contributed by atoms with van der Waals surface area (Å²) in [6.45, 7) is 6.21. The third kappa shape index (κ3) is 42.9. The normalized spacial score (nSPS) is 13.2. The number of hydrogen-bond donors (Lipinski definition) is 0. The number of allylic oxidation sites excluding steroid dienone is 20. The van der Waals surface area contributed by atoms with Gasteiger partial charge in [-0.2, -0.15) is 0 Å². The van der Waals surface area contributed by atoms with Gasteiger partial charge in [-0.05, 0) is 70.6 Å². The Bertz CT molecular complexity index is 1290. The van der Waals surface area contributed by atoms with Gasteiger partial charge in [-0.1, -0.05) is 200 Å².